The third kappa shape index (κ3) is 3.33. The summed E-state index contributed by atoms with van der Waals surface area (Å²) in [6.07, 6.45) is 2.59. The minimum absolute atomic E-state index is 0.230. The highest BCUT2D eigenvalue weighted by atomic mass is 32.1. The average Bonchev–Trinajstić information content (AvgIpc) is 3.09. The minimum Gasteiger partial charge on any atom is -0.387 e. The normalized spacial score (nSPS) is 18.4. The second kappa shape index (κ2) is 6.99. The largest absolute Gasteiger partial charge is 0.387 e. The van der Waals surface area contributed by atoms with Gasteiger partial charge in [0, 0.05) is 23.7 Å². The van der Waals surface area contributed by atoms with Gasteiger partial charge in [-0.2, -0.15) is 5.10 Å². The molecule has 4 heterocycles. The molecule has 0 saturated heterocycles. The maximum atomic E-state index is 13.2. The number of nitrogens with one attached hydrogen (secondary N) is 1. The number of hydrogen-bond acceptors (Lipinski definition) is 7. The van der Waals surface area contributed by atoms with Crippen molar-refractivity contribution in [1.29, 1.82) is 0 Å². The zero-order valence-electron chi connectivity index (χ0n) is 16.6. The van der Waals surface area contributed by atoms with E-state index in [1.54, 1.807) is 10.7 Å². The molecule has 11 heteroatoms. The second-order valence-electron chi connectivity index (χ2n) is 7.62. The lowest BCUT2D eigenvalue weighted by Crippen LogP contribution is -2.17. The monoisotopic (exact) mass is 444 g/mol. The summed E-state index contributed by atoms with van der Waals surface area (Å²) < 4.78 is 28.0. The van der Waals surface area contributed by atoms with Gasteiger partial charge in [-0.3, -0.25) is 9.78 Å². The van der Waals surface area contributed by atoms with Gasteiger partial charge in [0.2, 0.25) is 5.91 Å². The first-order chi connectivity index (χ1) is 14.8. The second-order valence-corrected chi connectivity index (χ2v) is 8.60. The van der Waals surface area contributed by atoms with E-state index >= 15 is 0 Å². The van der Waals surface area contributed by atoms with Crippen molar-refractivity contribution in [3.05, 3.63) is 35.9 Å². The van der Waals surface area contributed by atoms with E-state index in [-0.39, 0.29) is 5.13 Å². The van der Waals surface area contributed by atoms with E-state index in [1.807, 2.05) is 26.0 Å². The van der Waals surface area contributed by atoms with Crippen LogP contribution in [0.1, 0.15) is 37.1 Å². The highest BCUT2D eigenvalue weighted by molar-refractivity contribution is 7.22. The van der Waals surface area contributed by atoms with Crippen LogP contribution in [0.5, 0.6) is 0 Å². The molecule has 2 atom stereocenters. The smallest absolute Gasteiger partial charge is 0.260 e. The quantitative estimate of drug-likeness (QED) is 0.486. The number of fused-ring (bicyclic) bond motifs is 3. The molecule has 1 saturated carbocycles. The molecular weight excluding hydrogens is 426 g/mol. The number of rotatable bonds is 5. The standard InChI is InChI=1S/C20H18F2N6O2S/c1-3-15(29)13-4-9(2)11(7-23-13)10-5-14-18(28-16(10)24-8-25-28)31-19(26-14)27-17(30)12-6-20(12,21)22/h4-5,7-8,12,15,29H,3,6H2,1-2H3,(H,26,27,30)/t12-,15+/m1/s1. The number of carbonyl (C=O) groups is 1. The van der Waals surface area contributed by atoms with Crippen molar-refractivity contribution in [2.45, 2.75) is 38.7 Å². The fourth-order valence-electron chi connectivity index (χ4n) is 3.54. The minimum atomic E-state index is -2.94. The Morgan fingerprint density at radius 3 is 2.84 bits per heavy atom. The number of carbonyl (C=O) groups excluding carboxylic acids is 1. The van der Waals surface area contributed by atoms with Gasteiger partial charge in [-0.1, -0.05) is 18.3 Å². The first kappa shape index (κ1) is 19.9. The van der Waals surface area contributed by atoms with E-state index in [0.29, 0.717) is 28.1 Å². The first-order valence-electron chi connectivity index (χ1n) is 9.75. The number of hydrogen-bond donors (Lipinski definition) is 2. The maximum absolute atomic E-state index is 13.2. The van der Waals surface area contributed by atoms with Crippen molar-refractivity contribution in [3.8, 4) is 11.1 Å². The summed E-state index contributed by atoms with van der Waals surface area (Å²) in [5.74, 6) is -4.97. The van der Waals surface area contributed by atoms with Crippen molar-refractivity contribution < 1.29 is 18.7 Å². The lowest BCUT2D eigenvalue weighted by Gasteiger charge is -2.12. The summed E-state index contributed by atoms with van der Waals surface area (Å²) in [5, 5.41) is 17.1. The van der Waals surface area contributed by atoms with E-state index in [1.165, 1.54) is 6.33 Å². The number of nitrogens with zero attached hydrogens (tertiary/aromatic N) is 5. The van der Waals surface area contributed by atoms with Crippen molar-refractivity contribution in [2.75, 3.05) is 5.32 Å². The molecule has 160 valence electrons. The van der Waals surface area contributed by atoms with Gasteiger partial charge in [-0.25, -0.2) is 23.3 Å². The number of aromatic nitrogens is 5. The van der Waals surface area contributed by atoms with Crippen molar-refractivity contribution in [3.63, 3.8) is 0 Å². The number of halogens is 2. The van der Waals surface area contributed by atoms with Gasteiger partial charge in [-0.15, -0.1) is 0 Å². The molecule has 1 aliphatic carbocycles. The van der Waals surface area contributed by atoms with Crippen LogP contribution in [0.15, 0.2) is 24.7 Å². The highest BCUT2D eigenvalue weighted by Gasteiger charge is 2.61. The maximum Gasteiger partial charge on any atom is 0.260 e. The molecule has 2 N–H and O–H groups in total. The van der Waals surface area contributed by atoms with Crippen molar-refractivity contribution in [1.82, 2.24) is 24.6 Å². The van der Waals surface area contributed by atoms with Crippen LogP contribution in [0, 0.1) is 12.8 Å². The third-order valence-corrected chi connectivity index (χ3v) is 6.38. The Hall–Kier alpha value is -3.05. The van der Waals surface area contributed by atoms with Crippen LogP contribution in [0.3, 0.4) is 0 Å². The molecule has 4 aromatic rings. The van der Waals surface area contributed by atoms with Gasteiger partial charge in [-0.05, 0) is 31.0 Å². The summed E-state index contributed by atoms with van der Waals surface area (Å²) in [6.45, 7) is 3.80. The molecule has 4 aromatic heterocycles. The Balaban J connectivity index is 1.57. The summed E-state index contributed by atoms with van der Waals surface area (Å²) in [5.41, 5.74) is 4.18. The van der Waals surface area contributed by atoms with Crippen molar-refractivity contribution in [2.24, 2.45) is 5.92 Å². The van der Waals surface area contributed by atoms with Crippen LogP contribution in [0.25, 0.3) is 27.1 Å². The predicted molar refractivity (Wildman–Crippen MR) is 111 cm³/mol. The van der Waals surface area contributed by atoms with E-state index in [2.05, 4.69) is 25.4 Å². The molecule has 5 rings (SSSR count). The number of aryl methyl sites for hydroxylation is 1. The van der Waals surface area contributed by atoms with Gasteiger partial charge >= 0.3 is 0 Å². The van der Waals surface area contributed by atoms with Gasteiger partial charge in [0.05, 0.1) is 11.8 Å². The molecular formula is C20H18F2N6O2S. The molecule has 1 amide bonds. The molecule has 8 nitrogen and oxygen atoms in total. The number of aliphatic hydroxyl groups is 1. The molecule has 0 radical (unpaired) electrons. The van der Waals surface area contributed by atoms with E-state index in [4.69, 9.17) is 0 Å². The number of pyridine rings is 2. The molecule has 1 fully saturated rings. The van der Waals surface area contributed by atoms with Crippen LogP contribution < -0.4 is 5.32 Å². The number of alkyl halides is 2. The third-order valence-electron chi connectivity index (χ3n) is 5.42. The molecule has 0 aromatic carbocycles. The van der Waals surface area contributed by atoms with Gasteiger partial charge < -0.3 is 10.4 Å². The van der Waals surface area contributed by atoms with Crippen LogP contribution in [-0.2, 0) is 4.79 Å². The van der Waals surface area contributed by atoms with Crippen LogP contribution in [0.4, 0.5) is 13.9 Å². The summed E-state index contributed by atoms with van der Waals surface area (Å²) in [6, 6.07) is 3.65. The fraction of sp³-hybridized carbons (Fsp3) is 0.350. The van der Waals surface area contributed by atoms with Gasteiger partial charge in [0.1, 0.15) is 22.6 Å². The Bertz CT molecular complexity index is 1330. The Labute approximate surface area is 179 Å². The summed E-state index contributed by atoms with van der Waals surface area (Å²) in [7, 11) is 0. The van der Waals surface area contributed by atoms with Crippen LogP contribution in [-0.4, -0.2) is 41.5 Å². The van der Waals surface area contributed by atoms with Crippen LogP contribution >= 0.6 is 11.3 Å². The Morgan fingerprint density at radius 1 is 1.39 bits per heavy atom. The Kier molecular flexibility index (Phi) is 4.48. The summed E-state index contributed by atoms with van der Waals surface area (Å²) in [4.78, 5) is 25.8. The zero-order valence-corrected chi connectivity index (χ0v) is 17.5. The van der Waals surface area contributed by atoms with Gasteiger partial charge in [0.25, 0.3) is 5.92 Å². The molecule has 0 bridgehead atoms. The molecule has 0 unspecified atom stereocenters. The van der Waals surface area contributed by atoms with Crippen LogP contribution in [0.2, 0.25) is 0 Å². The number of aliphatic hydroxyl groups excluding tert-OH is 1. The first-order valence-corrected chi connectivity index (χ1v) is 10.6. The predicted octanol–water partition coefficient (Wildman–Crippen LogP) is 3.75. The molecule has 0 aliphatic heterocycles. The fourth-order valence-corrected chi connectivity index (χ4v) is 4.45. The lowest BCUT2D eigenvalue weighted by molar-refractivity contribution is -0.119. The van der Waals surface area contributed by atoms with Crippen molar-refractivity contribution >= 4 is 38.4 Å². The van der Waals surface area contributed by atoms with Gasteiger partial charge in [0.15, 0.2) is 10.8 Å². The van der Waals surface area contributed by atoms with E-state index < -0.39 is 30.3 Å². The number of amides is 1. The molecule has 31 heavy (non-hydrogen) atoms. The zero-order chi connectivity index (χ0) is 21.9. The average molecular weight is 444 g/mol. The van der Waals surface area contributed by atoms with E-state index in [9.17, 15) is 18.7 Å². The number of thiazole rings is 1. The van der Waals surface area contributed by atoms with E-state index in [0.717, 1.165) is 28.0 Å². The highest BCUT2D eigenvalue weighted by Crippen LogP contribution is 2.49. The molecule has 0 spiro atoms. The SMILES string of the molecule is CC[C@H](O)c1cc(C)c(-c2cc3nc(NC(=O)[C@H]4CC4(F)F)sc3n3ncnc23)cn1. The molecule has 1 aliphatic rings. The lowest BCUT2D eigenvalue weighted by atomic mass is 10.0. The summed E-state index contributed by atoms with van der Waals surface area (Å²) >= 11 is 1.15. The number of anilines is 1. The Morgan fingerprint density at radius 2 is 2.16 bits per heavy atom. The topological polar surface area (TPSA) is 105 Å².